The molecular formula is C14H14BrNO2S2. The molecule has 1 saturated heterocycles. The van der Waals surface area contributed by atoms with Crippen molar-refractivity contribution in [3.8, 4) is 0 Å². The van der Waals surface area contributed by atoms with E-state index in [4.69, 9.17) is 0 Å². The Kier molecular flexibility index (Phi) is 3.99. The number of halogens is 1. The smallest absolute Gasteiger partial charge is 0.206 e. The van der Waals surface area contributed by atoms with E-state index in [1.54, 1.807) is 15.8 Å². The van der Waals surface area contributed by atoms with Crippen LogP contribution in [0.15, 0.2) is 50.5 Å². The molecule has 106 valence electrons. The van der Waals surface area contributed by atoms with Crippen molar-refractivity contribution in [3.63, 3.8) is 0 Å². The number of hydrogen-bond donors (Lipinski definition) is 0. The summed E-state index contributed by atoms with van der Waals surface area (Å²) in [6, 6.07) is 11.6. The first-order valence-electron chi connectivity index (χ1n) is 6.40. The van der Waals surface area contributed by atoms with Gasteiger partial charge in [0.2, 0.25) is 0 Å². The third-order valence-corrected chi connectivity index (χ3v) is 8.07. The first kappa shape index (κ1) is 14.3. The molecule has 0 bridgehead atoms. The highest BCUT2D eigenvalue weighted by Crippen LogP contribution is 2.39. The monoisotopic (exact) mass is 371 g/mol. The lowest BCUT2D eigenvalue weighted by Gasteiger charge is -2.24. The fraction of sp³-hybridized carbons (Fsp3) is 0.286. The molecule has 20 heavy (non-hydrogen) atoms. The van der Waals surface area contributed by atoms with Crippen molar-refractivity contribution in [2.75, 3.05) is 6.54 Å². The molecule has 1 aromatic heterocycles. The Morgan fingerprint density at radius 1 is 1.20 bits per heavy atom. The van der Waals surface area contributed by atoms with Crippen molar-refractivity contribution in [2.24, 2.45) is 0 Å². The summed E-state index contributed by atoms with van der Waals surface area (Å²) >= 11 is 4.59. The van der Waals surface area contributed by atoms with E-state index in [1.165, 1.54) is 11.3 Å². The van der Waals surface area contributed by atoms with Crippen LogP contribution in [-0.4, -0.2) is 19.3 Å². The zero-order valence-electron chi connectivity index (χ0n) is 10.7. The van der Waals surface area contributed by atoms with Crippen LogP contribution in [0.3, 0.4) is 0 Å². The van der Waals surface area contributed by atoms with Gasteiger partial charge >= 0.3 is 0 Å². The lowest BCUT2D eigenvalue weighted by Crippen LogP contribution is -2.30. The Labute approximate surface area is 131 Å². The van der Waals surface area contributed by atoms with Gasteiger partial charge < -0.3 is 0 Å². The van der Waals surface area contributed by atoms with Crippen LogP contribution in [0.2, 0.25) is 0 Å². The molecule has 0 aliphatic carbocycles. The van der Waals surface area contributed by atoms with E-state index in [0.29, 0.717) is 15.2 Å². The van der Waals surface area contributed by atoms with Crippen molar-refractivity contribution in [2.45, 2.75) is 23.1 Å². The van der Waals surface area contributed by atoms with Crippen molar-refractivity contribution < 1.29 is 8.42 Å². The number of rotatable bonds is 3. The van der Waals surface area contributed by atoms with Gasteiger partial charge in [0.1, 0.15) is 4.21 Å². The molecule has 1 aliphatic rings. The van der Waals surface area contributed by atoms with E-state index >= 15 is 0 Å². The second-order valence-electron chi connectivity index (χ2n) is 4.74. The lowest BCUT2D eigenvalue weighted by atomic mass is 10.1. The second-order valence-corrected chi connectivity index (χ2v) is 8.60. The average molecular weight is 372 g/mol. The van der Waals surface area contributed by atoms with Crippen LogP contribution in [-0.2, 0) is 10.0 Å². The predicted octanol–water partition coefficient (Wildman–Crippen LogP) is 4.04. The minimum Gasteiger partial charge on any atom is -0.206 e. The molecule has 0 saturated carbocycles. The number of benzene rings is 1. The van der Waals surface area contributed by atoms with Crippen molar-refractivity contribution in [3.05, 3.63) is 51.8 Å². The SMILES string of the molecule is O=S(=O)(c1sccc1Br)N1CCCC1c1ccccc1. The summed E-state index contributed by atoms with van der Waals surface area (Å²) in [7, 11) is -3.42. The summed E-state index contributed by atoms with van der Waals surface area (Å²) in [6.45, 7) is 0.590. The largest absolute Gasteiger partial charge is 0.254 e. The Morgan fingerprint density at radius 2 is 1.95 bits per heavy atom. The molecule has 1 aliphatic heterocycles. The van der Waals surface area contributed by atoms with Gasteiger partial charge in [-0.1, -0.05) is 30.3 Å². The zero-order chi connectivity index (χ0) is 14.2. The molecule has 6 heteroatoms. The van der Waals surface area contributed by atoms with Gasteiger partial charge in [0.25, 0.3) is 10.0 Å². The molecule has 3 rings (SSSR count). The number of hydrogen-bond acceptors (Lipinski definition) is 3. The molecule has 3 nitrogen and oxygen atoms in total. The van der Waals surface area contributed by atoms with Crippen LogP contribution in [0.5, 0.6) is 0 Å². The lowest BCUT2D eigenvalue weighted by molar-refractivity contribution is 0.397. The highest BCUT2D eigenvalue weighted by Gasteiger charge is 2.37. The number of nitrogens with zero attached hydrogens (tertiary/aromatic N) is 1. The van der Waals surface area contributed by atoms with Crippen LogP contribution in [0.25, 0.3) is 0 Å². The first-order valence-corrected chi connectivity index (χ1v) is 9.52. The maximum absolute atomic E-state index is 12.8. The fourth-order valence-electron chi connectivity index (χ4n) is 2.61. The molecule has 1 fully saturated rings. The van der Waals surface area contributed by atoms with Gasteiger partial charge in [-0.15, -0.1) is 11.3 Å². The zero-order valence-corrected chi connectivity index (χ0v) is 13.9. The van der Waals surface area contributed by atoms with Crippen LogP contribution < -0.4 is 0 Å². The van der Waals surface area contributed by atoms with Gasteiger partial charge in [-0.05, 0) is 45.8 Å². The molecule has 0 spiro atoms. The molecule has 0 N–H and O–H groups in total. The van der Waals surface area contributed by atoms with Gasteiger partial charge in [0.15, 0.2) is 0 Å². The van der Waals surface area contributed by atoms with Gasteiger partial charge in [-0.2, -0.15) is 4.31 Å². The quantitative estimate of drug-likeness (QED) is 0.816. The molecule has 1 atom stereocenters. The first-order chi connectivity index (χ1) is 9.60. The van der Waals surface area contributed by atoms with Crippen LogP contribution in [0.1, 0.15) is 24.4 Å². The maximum Gasteiger partial charge on any atom is 0.254 e. The normalized spacial score (nSPS) is 20.4. The van der Waals surface area contributed by atoms with Crippen molar-refractivity contribution in [1.82, 2.24) is 4.31 Å². The molecule has 0 amide bonds. The molecule has 1 unspecified atom stereocenters. The average Bonchev–Trinajstić information content (AvgIpc) is 3.08. The van der Waals surface area contributed by atoms with Crippen molar-refractivity contribution >= 4 is 37.3 Å². The van der Waals surface area contributed by atoms with E-state index in [0.717, 1.165) is 18.4 Å². The minimum atomic E-state index is -3.42. The summed E-state index contributed by atoms with van der Waals surface area (Å²) < 4.78 is 28.3. The molecule has 0 radical (unpaired) electrons. The Hall–Kier alpha value is -0.690. The van der Waals surface area contributed by atoms with Crippen LogP contribution in [0, 0.1) is 0 Å². The Balaban J connectivity index is 1.99. The summed E-state index contributed by atoms with van der Waals surface area (Å²) in [5.74, 6) is 0. The summed E-state index contributed by atoms with van der Waals surface area (Å²) in [5.41, 5.74) is 1.07. The van der Waals surface area contributed by atoms with Crippen molar-refractivity contribution in [1.29, 1.82) is 0 Å². The van der Waals surface area contributed by atoms with Crippen LogP contribution in [0.4, 0.5) is 0 Å². The Bertz CT molecular complexity index is 697. The topological polar surface area (TPSA) is 37.4 Å². The highest BCUT2D eigenvalue weighted by molar-refractivity contribution is 9.10. The van der Waals surface area contributed by atoms with E-state index < -0.39 is 10.0 Å². The highest BCUT2D eigenvalue weighted by atomic mass is 79.9. The summed E-state index contributed by atoms with van der Waals surface area (Å²) in [6.07, 6.45) is 1.79. The maximum atomic E-state index is 12.8. The van der Waals surface area contributed by atoms with Gasteiger partial charge in [0.05, 0.1) is 6.04 Å². The summed E-state index contributed by atoms with van der Waals surface area (Å²) in [5, 5.41) is 1.80. The van der Waals surface area contributed by atoms with E-state index in [9.17, 15) is 8.42 Å². The number of thiophene rings is 1. The third-order valence-electron chi connectivity index (χ3n) is 3.52. The standard InChI is InChI=1S/C14H14BrNO2S2/c15-12-8-10-19-14(12)20(17,18)16-9-4-7-13(16)11-5-2-1-3-6-11/h1-3,5-6,8,10,13H,4,7,9H2. The van der Waals surface area contributed by atoms with E-state index in [1.807, 2.05) is 30.3 Å². The number of sulfonamides is 1. The fourth-order valence-corrected chi connectivity index (χ4v) is 6.72. The van der Waals surface area contributed by atoms with Gasteiger partial charge in [0, 0.05) is 11.0 Å². The molecule has 1 aromatic carbocycles. The second kappa shape index (κ2) is 5.60. The van der Waals surface area contributed by atoms with E-state index in [-0.39, 0.29) is 6.04 Å². The van der Waals surface area contributed by atoms with Gasteiger partial charge in [-0.25, -0.2) is 8.42 Å². The third kappa shape index (κ3) is 2.45. The van der Waals surface area contributed by atoms with Crippen LogP contribution >= 0.6 is 27.3 Å². The molecule has 2 heterocycles. The minimum absolute atomic E-state index is 0.0461. The molecule has 2 aromatic rings. The Morgan fingerprint density at radius 3 is 2.60 bits per heavy atom. The predicted molar refractivity (Wildman–Crippen MR) is 84.3 cm³/mol. The van der Waals surface area contributed by atoms with Gasteiger partial charge in [-0.3, -0.25) is 0 Å². The molecular weight excluding hydrogens is 358 g/mol. The van der Waals surface area contributed by atoms with E-state index in [2.05, 4.69) is 15.9 Å². The summed E-state index contributed by atoms with van der Waals surface area (Å²) in [4.78, 5) is 0.